The summed E-state index contributed by atoms with van der Waals surface area (Å²) in [6.45, 7) is 4.25. The van der Waals surface area contributed by atoms with Gasteiger partial charge in [-0.2, -0.15) is 0 Å². The summed E-state index contributed by atoms with van der Waals surface area (Å²) in [5, 5.41) is 23.2. The smallest absolute Gasteiger partial charge is 0.220 e. The van der Waals surface area contributed by atoms with Crippen molar-refractivity contribution in [3.05, 3.63) is 60.8 Å². The normalized spacial score (nSPS) is 13.3. The molecule has 60 heavy (non-hydrogen) atoms. The Labute approximate surface area is 375 Å². The van der Waals surface area contributed by atoms with Crippen molar-refractivity contribution in [2.24, 2.45) is 0 Å². The predicted molar refractivity (Wildman–Crippen MR) is 267 cm³/mol. The Morgan fingerprint density at radius 2 is 0.733 bits per heavy atom. The van der Waals surface area contributed by atoms with Gasteiger partial charge in [-0.3, -0.25) is 4.79 Å². The zero-order valence-corrected chi connectivity index (χ0v) is 40.2. The molecule has 4 nitrogen and oxygen atoms in total. The van der Waals surface area contributed by atoms with Crippen LogP contribution in [0.1, 0.15) is 271 Å². The molecule has 0 rings (SSSR count). The van der Waals surface area contributed by atoms with Gasteiger partial charge in [-0.15, -0.1) is 0 Å². The molecule has 0 aromatic heterocycles. The van der Waals surface area contributed by atoms with Crippen molar-refractivity contribution in [3.63, 3.8) is 0 Å². The van der Waals surface area contributed by atoms with Crippen LogP contribution in [0.2, 0.25) is 0 Å². The van der Waals surface area contributed by atoms with Crippen molar-refractivity contribution in [1.29, 1.82) is 0 Å². The summed E-state index contributed by atoms with van der Waals surface area (Å²) in [5.74, 6) is -0.0297. The number of amides is 1. The quantitative estimate of drug-likeness (QED) is 0.0422. The highest BCUT2D eigenvalue weighted by atomic mass is 16.3. The summed E-state index contributed by atoms with van der Waals surface area (Å²) in [6, 6.07) is -0.535. The molecule has 2 atom stereocenters. The fraction of sp³-hybridized carbons (Fsp3) is 0.804. The van der Waals surface area contributed by atoms with Crippen molar-refractivity contribution in [3.8, 4) is 0 Å². The van der Waals surface area contributed by atoms with E-state index >= 15 is 0 Å². The highest BCUT2D eigenvalue weighted by Crippen LogP contribution is 2.17. The molecule has 2 unspecified atom stereocenters. The van der Waals surface area contributed by atoms with Crippen molar-refractivity contribution >= 4 is 5.91 Å². The molecule has 0 aliphatic carbocycles. The van der Waals surface area contributed by atoms with Gasteiger partial charge < -0.3 is 15.5 Å². The zero-order chi connectivity index (χ0) is 43.5. The molecule has 0 heterocycles. The predicted octanol–water partition coefficient (Wildman–Crippen LogP) is 17.2. The Kier molecular flexibility index (Phi) is 49.8. The first-order chi connectivity index (χ1) is 29.7. The Balaban J connectivity index is 3.43. The molecule has 0 saturated carbocycles. The van der Waals surface area contributed by atoms with Crippen molar-refractivity contribution in [2.45, 2.75) is 283 Å². The van der Waals surface area contributed by atoms with Crippen LogP contribution in [-0.2, 0) is 4.79 Å². The summed E-state index contributed by atoms with van der Waals surface area (Å²) in [5.41, 5.74) is 0. The standard InChI is InChI=1S/C56H103NO3/c1-3-5-7-9-11-13-15-17-18-19-20-21-22-23-24-25-26-27-28-29-30-31-32-33-34-35-36-37-38-40-42-44-46-48-50-52-56(60)57-54(53-58)55(59)51-49-47-45-43-41-39-16-14-12-10-8-6-4-2/h5,7,11,13,17-18,20-21,23-24,54-55,58-59H,3-4,6,8-10,12,14-16,19,22,25-53H2,1-2H3,(H,57,60)/b7-5-,13-11-,18-17-,21-20-,24-23-. The molecule has 0 bridgehead atoms. The van der Waals surface area contributed by atoms with Gasteiger partial charge in [0.1, 0.15) is 0 Å². The van der Waals surface area contributed by atoms with Gasteiger partial charge in [0, 0.05) is 6.42 Å². The molecule has 0 spiro atoms. The van der Waals surface area contributed by atoms with E-state index in [-0.39, 0.29) is 12.5 Å². The zero-order valence-electron chi connectivity index (χ0n) is 40.2. The molecular weight excluding hydrogens is 735 g/mol. The maximum Gasteiger partial charge on any atom is 0.220 e. The number of allylic oxidation sites excluding steroid dienone is 10. The van der Waals surface area contributed by atoms with Gasteiger partial charge in [-0.05, 0) is 57.8 Å². The van der Waals surface area contributed by atoms with Gasteiger partial charge >= 0.3 is 0 Å². The molecule has 0 radical (unpaired) electrons. The van der Waals surface area contributed by atoms with Crippen LogP contribution in [0.3, 0.4) is 0 Å². The van der Waals surface area contributed by atoms with Gasteiger partial charge in [0.15, 0.2) is 0 Å². The fourth-order valence-corrected chi connectivity index (χ4v) is 8.04. The van der Waals surface area contributed by atoms with Crippen molar-refractivity contribution < 1.29 is 15.0 Å². The SMILES string of the molecule is CC/C=C\C/C=C\C/C=C\C/C=C\C/C=C\CCCCCCCCCCCCCCCCCCCCCC(=O)NC(CO)C(O)CCCCCCCCCCCCCCC. The number of aliphatic hydroxyl groups excluding tert-OH is 2. The summed E-state index contributed by atoms with van der Waals surface area (Å²) < 4.78 is 0. The van der Waals surface area contributed by atoms with E-state index in [1.165, 1.54) is 186 Å². The maximum absolute atomic E-state index is 12.4. The second-order valence-electron chi connectivity index (χ2n) is 17.9. The Hall–Kier alpha value is -1.91. The van der Waals surface area contributed by atoms with Crippen LogP contribution in [0.25, 0.3) is 0 Å². The molecule has 0 fully saturated rings. The lowest BCUT2D eigenvalue weighted by Crippen LogP contribution is -2.45. The molecule has 0 aliphatic heterocycles. The third-order valence-electron chi connectivity index (χ3n) is 12.0. The van der Waals surface area contributed by atoms with Crippen LogP contribution in [0.4, 0.5) is 0 Å². The molecule has 3 N–H and O–H groups in total. The summed E-state index contributed by atoms with van der Waals surface area (Å²) in [4.78, 5) is 12.4. The first kappa shape index (κ1) is 58.1. The number of carbonyl (C=O) groups is 1. The van der Waals surface area contributed by atoms with Crippen LogP contribution < -0.4 is 5.32 Å². The second kappa shape index (κ2) is 51.4. The summed E-state index contributed by atoms with van der Waals surface area (Å²) in [7, 11) is 0. The van der Waals surface area contributed by atoms with E-state index in [2.05, 4.69) is 79.9 Å². The fourth-order valence-electron chi connectivity index (χ4n) is 8.04. The van der Waals surface area contributed by atoms with Gasteiger partial charge in [0.25, 0.3) is 0 Å². The number of carbonyl (C=O) groups excluding carboxylic acids is 1. The minimum atomic E-state index is -0.658. The van der Waals surface area contributed by atoms with E-state index < -0.39 is 12.1 Å². The monoisotopic (exact) mass is 838 g/mol. The topological polar surface area (TPSA) is 69.6 Å². The van der Waals surface area contributed by atoms with E-state index in [0.29, 0.717) is 12.8 Å². The van der Waals surface area contributed by atoms with E-state index in [4.69, 9.17) is 0 Å². The number of rotatable bonds is 48. The molecule has 0 aromatic rings. The van der Waals surface area contributed by atoms with Crippen LogP contribution in [0, 0.1) is 0 Å². The number of unbranched alkanes of at least 4 members (excludes halogenated alkanes) is 31. The number of nitrogens with one attached hydrogen (secondary N) is 1. The molecule has 0 aromatic carbocycles. The van der Waals surface area contributed by atoms with E-state index in [1.807, 2.05) is 0 Å². The Morgan fingerprint density at radius 3 is 1.10 bits per heavy atom. The maximum atomic E-state index is 12.4. The minimum absolute atomic E-state index is 0.0297. The lowest BCUT2D eigenvalue weighted by Gasteiger charge is -2.22. The molecule has 4 heteroatoms. The van der Waals surface area contributed by atoms with E-state index in [0.717, 1.165) is 57.8 Å². The van der Waals surface area contributed by atoms with Crippen LogP contribution in [-0.4, -0.2) is 34.9 Å². The number of hydrogen-bond donors (Lipinski definition) is 3. The largest absolute Gasteiger partial charge is 0.394 e. The van der Waals surface area contributed by atoms with Gasteiger partial charge in [-0.25, -0.2) is 0 Å². The van der Waals surface area contributed by atoms with Gasteiger partial charge in [-0.1, -0.05) is 267 Å². The van der Waals surface area contributed by atoms with E-state index in [9.17, 15) is 15.0 Å². The molecule has 0 aliphatic rings. The third kappa shape index (κ3) is 47.1. The summed E-state index contributed by atoms with van der Waals surface area (Å²) >= 11 is 0. The molecule has 0 saturated heterocycles. The van der Waals surface area contributed by atoms with Crippen molar-refractivity contribution in [2.75, 3.05) is 6.61 Å². The molecule has 1 amide bonds. The Morgan fingerprint density at radius 1 is 0.417 bits per heavy atom. The van der Waals surface area contributed by atoms with Gasteiger partial charge in [0.05, 0.1) is 18.8 Å². The minimum Gasteiger partial charge on any atom is -0.394 e. The van der Waals surface area contributed by atoms with Crippen LogP contribution in [0.5, 0.6) is 0 Å². The van der Waals surface area contributed by atoms with Crippen LogP contribution in [0.15, 0.2) is 60.8 Å². The molecular formula is C56H103NO3. The van der Waals surface area contributed by atoms with Crippen LogP contribution >= 0.6 is 0 Å². The summed E-state index contributed by atoms with van der Waals surface area (Å²) in [6.07, 6.45) is 72.0. The third-order valence-corrected chi connectivity index (χ3v) is 12.0. The average molecular weight is 838 g/mol. The van der Waals surface area contributed by atoms with Gasteiger partial charge in [0.2, 0.25) is 5.91 Å². The number of aliphatic hydroxyl groups is 2. The highest BCUT2D eigenvalue weighted by molar-refractivity contribution is 5.76. The first-order valence-corrected chi connectivity index (χ1v) is 26.5. The lowest BCUT2D eigenvalue weighted by molar-refractivity contribution is -0.123. The number of hydrogen-bond acceptors (Lipinski definition) is 3. The second-order valence-corrected chi connectivity index (χ2v) is 17.9. The molecule has 350 valence electrons. The first-order valence-electron chi connectivity index (χ1n) is 26.5. The van der Waals surface area contributed by atoms with Crippen molar-refractivity contribution in [1.82, 2.24) is 5.32 Å². The average Bonchev–Trinajstić information content (AvgIpc) is 3.25. The lowest BCUT2D eigenvalue weighted by atomic mass is 10.0. The Bertz CT molecular complexity index is 996. The highest BCUT2D eigenvalue weighted by Gasteiger charge is 2.20. The van der Waals surface area contributed by atoms with E-state index in [1.54, 1.807) is 0 Å².